The van der Waals surface area contributed by atoms with E-state index in [2.05, 4.69) is 19.2 Å². The number of nitrogens with one attached hydrogen (secondary N) is 1. The van der Waals surface area contributed by atoms with Crippen molar-refractivity contribution in [3.8, 4) is 0 Å². The standard InChI is InChI=1S/C20H31FN2O.Y/c1-5-10-18(23(6-2)11-8-7-9-12-23)20(24)22-19-15(3)13-17(21)14-16(19)4;/h13-14,18H,5-12H2,1-4H3;/p+1. The van der Waals surface area contributed by atoms with Gasteiger partial charge in [-0.1, -0.05) is 6.92 Å². The molecular formula is C20H32FN2OY+. The van der Waals surface area contributed by atoms with E-state index >= 15 is 0 Å². The molecule has 0 bridgehead atoms. The number of hydrogen-bond donors (Lipinski definition) is 1. The monoisotopic (exact) mass is 424 g/mol. The Morgan fingerprint density at radius 1 is 1.16 bits per heavy atom. The van der Waals surface area contributed by atoms with E-state index in [1.165, 1.54) is 31.4 Å². The van der Waals surface area contributed by atoms with Gasteiger partial charge in [-0.3, -0.25) is 4.79 Å². The van der Waals surface area contributed by atoms with Crippen LogP contribution >= 0.6 is 0 Å². The number of rotatable bonds is 6. The quantitative estimate of drug-likeness (QED) is 0.667. The van der Waals surface area contributed by atoms with Gasteiger partial charge < -0.3 is 9.80 Å². The van der Waals surface area contributed by atoms with Crippen LogP contribution in [0.1, 0.15) is 57.1 Å². The van der Waals surface area contributed by atoms with E-state index in [1.54, 1.807) is 0 Å². The Bertz CT molecular complexity index is 562. The van der Waals surface area contributed by atoms with E-state index in [0.29, 0.717) is 0 Å². The Labute approximate surface area is 177 Å². The van der Waals surface area contributed by atoms with Crippen molar-refractivity contribution in [1.29, 1.82) is 0 Å². The van der Waals surface area contributed by atoms with Crippen LogP contribution in [0.15, 0.2) is 12.1 Å². The Hall–Kier alpha value is -0.316. The molecule has 0 saturated carbocycles. The Morgan fingerprint density at radius 2 is 1.72 bits per heavy atom. The number of likely N-dealkylation sites (tertiary alicyclic amines) is 1. The number of halogens is 1. The SMILES string of the molecule is CCCC(C(=O)Nc1c(C)cc(F)cc1C)[N+]1(CC)CCCCC1.[Y]. The number of anilines is 1. The second-order valence-electron chi connectivity index (χ2n) is 7.25. The first-order valence-corrected chi connectivity index (χ1v) is 9.37. The van der Waals surface area contributed by atoms with Crippen molar-refractivity contribution >= 4 is 11.6 Å². The molecule has 2 rings (SSSR count). The summed E-state index contributed by atoms with van der Waals surface area (Å²) in [4.78, 5) is 13.1. The average molecular weight is 424 g/mol. The molecule has 1 amide bonds. The average Bonchev–Trinajstić information content (AvgIpc) is 2.56. The summed E-state index contributed by atoms with van der Waals surface area (Å²) >= 11 is 0. The molecule has 0 aromatic heterocycles. The van der Waals surface area contributed by atoms with Gasteiger partial charge in [-0.05, 0) is 69.7 Å². The van der Waals surface area contributed by atoms with E-state index in [1.807, 2.05) is 13.8 Å². The molecule has 3 nitrogen and oxygen atoms in total. The molecule has 1 aliphatic heterocycles. The minimum atomic E-state index is -0.249. The van der Waals surface area contributed by atoms with Gasteiger partial charge >= 0.3 is 0 Å². The van der Waals surface area contributed by atoms with Gasteiger partial charge in [-0.25, -0.2) is 4.39 Å². The van der Waals surface area contributed by atoms with Crippen LogP contribution in [0, 0.1) is 19.7 Å². The Kier molecular flexibility index (Phi) is 9.21. The summed E-state index contributed by atoms with van der Waals surface area (Å²) < 4.78 is 14.4. The zero-order chi connectivity index (χ0) is 17.7. The van der Waals surface area contributed by atoms with Crippen molar-refractivity contribution in [2.45, 2.75) is 65.8 Å². The second-order valence-corrected chi connectivity index (χ2v) is 7.25. The van der Waals surface area contributed by atoms with Crippen LogP contribution in [0.25, 0.3) is 0 Å². The molecule has 1 atom stereocenters. The number of nitrogens with zero attached hydrogens (tertiary/aromatic N) is 1. The summed E-state index contributed by atoms with van der Waals surface area (Å²) in [6.07, 6.45) is 5.58. The van der Waals surface area contributed by atoms with Gasteiger partial charge in [-0.15, -0.1) is 0 Å². The summed E-state index contributed by atoms with van der Waals surface area (Å²) in [5.74, 6) is -0.153. The molecular weight excluding hydrogens is 392 g/mol. The van der Waals surface area contributed by atoms with Crippen LogP contribution < -0.4 is 5.32 Å². The van der Waals surface area contributed by atoms with Gasteiger partial charge in [0.15, 0.2) is 6.04 Å². The first-order chi connectivity index (χ1) is 11.4. The van der Waals surface area contributed by atoms with E-state index in [4.69, 9.17) is 0 Å². The maximum Gasteiger partial charge on any atom is 0.282 e. The fourth-order valence-corrected chi connectivity index (χ4v) is 4.23. The first kappa shape index (κ1) is 22.7. The fourth-order valence-electron chi connectivity index (χ4n) is 4.23. The molecule has 137 valence electrons. The molecule has 25 heavy (non-hydrogen) atoms. The number of amides is 1. The van der Waals surface area contributed by atoms with Gasteiger partial charge in [-0.2, -0.15) is 0 Å². The predicted molar refractivity (Wildman–Crippen MR) is 97.6 cm³/mol. The van der Waals surface area contributed by atoms with Gasteiger partial charge in [0.2, 0.25) is 0 Å². The molecule has 1 aliphatic rings. The molecule has 5 heteroatoms. The number of piperidine rings is 1. The van der Waals surface area contributed by atoms with Crippen LogP contribution in [0.3, 0.4) is 0 Å². The first-order valence-electron chi connectivity index (χ1n) is 9.37. The van der Waals surface area contributed by atoms with E-state index < -0.39 is 0 Å². The normalized spacial score (nSPS) is 17.5. The number of carbonyl (C=O) groups is 1. The van der Waals surface area contributed by atoms with Crippen molar-refractivity contribution in [3.63, 3.8) is 0 Å². The maximum atomic E-state index is 13.5. The third-order valence-electron chi connectivity index (χ3n) is 5.61. The Morgan fingerprint density at radius 3 is 2.20 bits per heavy atom. The summed E-state index contributed by atoms with van der Waals surface area (Å²) in [6.45, 7) is 11.2. The van der Waals surface area contributed by atoms with Crippen LogP contribution in [0.4, 0.5) is 10.1 Å². The molecule has 1 heterocycles. The van der Waals surface area contributed by atoms with E-state index in [-0.39, 0.29) is 50.5 Å². The Balaban J connectivity index is 0.00000312. The van der Waals surface area contributed by atoms with Crippen LogP contribution in [0.2, 0.25) is 0 Å². The maximum absolute atomic E-state index is 13.5. The largest absolute Gasteiger partial charge is 0.320 e. The minimum Gasteiger partial charge on any atom is -0.320 e. The van der Waals surface area contributed by atoms with Crippen molar-refractivity contribution in [1.82, 2.24) is 0 Å². The molecule has 1 aromatic carbocycles. The number of quaternary nitrogens is 1. The molecule has 1 saturated heterocycles. The third-order valence-corrected chi connectivity index (χ3v) is 5.61. The summed E-state index contributed by atoms with van der Waals surface area (Å²) in [7, 11) is 0. The van der Waals surface area contributed by atoms with Crippen LogP contribution in [0.5, 0.6) is 0 Å². The van der Waals surface area contributed by atoms with Crippen molar-refractivity contribution in [3.05, 3.63) is 29.1 Å². The van der Waals surface area contributed by atoms with Gasteiger partial charge in [0.25, 0.3) is 5.91 Å². The molecule has 1 radical (unpaired) electrons. The fraction of sp³-hybridized carbons (Fsp3) is 0.650. The number of carbonyl (C=O) groups excluding carboxylic acids is 1. The van der Waals surface area contributed by atoms with Crippen molar-refractivity contribution in [2.75, 3.05) is 25.0 Å². The third kappa shape index (κ3) is 5.34. The van der Waals surface area contributed by atoms with Crippen molar-refractivity contribution < 1.29 is 46.4 Å². The minimum absolute atomic E-state index is 0. The van der Waals surface area contributed by atoms with Gasteiger partial charge in [0.05, 0.1) is 19.6 Å². The molecule has 0 spiro atoms. The number of likely N-dealkylation sites (N-methyl/N-ethyl adjacent to an activating group) is 1. The summed E-state index contributed by atoms with van der Waals surface area (Å²) in [5, 5.41) is 3.13. The number of hydrogen-bond acceptors (Lipinski definition) is 1. The molecule has 0 aliphatic carbocycles. The smallest absolute Gasteiger partial charge is 0.282 e. The molecule has 1 aromatic rings. The molecule has 1 unspecified atom stereocenters. The molecule has 1 fully saturated rings. The summed E-state index contributed by atoms with van der Waals surface area (Å²) in [6, 6.07) is 2.97. The zero-order valence-corrected chi connectivity index (χ0v) is 19.0. The summed E-state index contributed by atoms with van der Waals surface area (Å²) in [5.41, 5.74) is 2.35. The topological polar surface area (TPSA) is 29.1 Å². The van der Waals surface area contributed by atoms with Crippen molar-refractivity contribution in [2.24, 2.45) is 0 Å². The van der Waals surface area contributed by atoms with E-state index in [9.17, 15) is 9.18 Å². The second kappa shape index (κ2) is 10.1. The van der Waals surface area contributed by atoms with Crippen LogP contribution in [-0.2, 0) is 37.5 Å². The van der Waals surface area contributed by atoms with Gasteiger partial charge in [0, 0.05) is 44.8 Å². The number of aryl methyl sites for hydroxylation is 2. The predicted octanol–water partition coefficient (Wildman–Crippen LogP) is 4.57. The zero-order valence-electron chi connectivity index (χ0n) is 16.2. The van der Waals surface area contributed by atoms with Gasteiger partial charge in [0.1, 0.15) is 5.82 Å². The van der Waals surface area contributed by atoms with E-state index in [0.717, 1.165) is 53.8 Å². The number of benzene rings is 1. The molecule has 1 N–H and O–H groups in total. The van der Waals surface area contributed by atoms with Crippen LogP contribution in [-0.4, -0.2) is 36.1 Å².